The van der Waals surface area contributed by atoms with Gasteiger partial charge in [-0.05, 0) is 27.4 Å². The zero-order chi connectivity index (χ0) is 14.0. The fraction of sp³-hybridized carbons (Fsp3) is 0.786. The van der Waals surface area contributed by atoms with Gasteiger partial charge in [-0.2, -0.15) is 0 Å². The predicted octanol–water partition coefficient (Wildman–Crippen LogP) is 2.09. The molecule has 1 saturated heterocycles. The molecule has 2 rings (SSSR count). The van der Waals surface area contributed by atoms with Crippen molar-refractivity contribution < 1.29 is 0 Å². The molecule has 1 fully saturated rings. The molecule has 2 heterocycles. The van der Waals surface area contributed by atoms with Gasteiger partial charge in [0.2, 0.25) is 0 Å². The van der Waals surface area contributed by atoms with Crippen LogP contribution in [0, 0.1) is 6.92 Å². The van der Waals surface area contributed by atoms with Crippen molar-refractivity contribution >= 4 is 16.5 Å². The summed E-state index contributed by atoms with van der Waals surface area (Å²) >= 11 is 1.85. The summed E-state index contributed by atoms with van der Waals surface area (Å²) in [5.74, 6) is 0. The smallest absolute Gasteiger partial charge is 0.185 e. The first kappa shape index (κ1) is 14.8. The van der Waals surface area contributed by atoms with E-state index in [-0.39, 0.29) is 0 Å². The maximum Gasteiger partial charge on any atom is 0.185 e. The highest BCUT2D eigenvalue weighted by atomic mass is 32.1. The number of aryl methyl sites for hydroxylation is 1. The van der Waals surface area contributed by atoms with E-state index in [0.717, 1.165) is 19.6 Å². The van der Waals surface area contributed by atoms with Gasteiger partial charge in [0.25, 0.3) is 0 Å². The van der Waals surface area contributed by atoms with Crippen LogP contribution in [0.2, 0.25) is 0 Å². The van der Waals surface area contributed by atoms with Crippen molar-refractivity contribution in [3.63, 3.8) is 0 Å². The molecule has 0 spiro atoms. The van der Waals surface area contributed by atoms with Crippen LogP contribution in [0.15, 0.2) is 0 Å². The molecule has 1 aliphatic rings. The van der Waals surface area contributed by atoms with Crippen molar-refractivity contribution in [3.05, 3.63) is 10.6 Å². The Morgan fingerprint density at radius 1 is 1.47 bits per heavy atom. The molecule has 108 valence electrons. The highest BCUT2D eigenvalue weighted by Crippen LogP contribution is 2.29. The molecule has 0 bridgehead atoms. The zero-order valence-corrected chi connectivity index (χ0v) is 13.5. The van der Waals surface area contributed by atoms with E-state index in [4.69, 9.17) is 4.98 Å². The third-order valence-corrected chi connectivity index (χ3v) is 4.93. The number of nitrogens with one attached hydrogen (secondary N) is 1. The molecule has 1 atom stereocenters. The van der Waals surface area contributed by atoms with Gasteiger partial charge in [0.05, 0.1) is 5.69 Å². The van der Waals surface area contributed by atoms with Gasteiger partial charge in [0, 0.05) is 36.6 Å². The summed E-state index contributed by atoms with van der Waals surface area (Å²) in [6.07, 6.45) is 1.24. The Kier molecular flexibility index (Phi) is 4.81. The van der Waals surface area contributed by atoms with Gasteiger partial charge >= 0.3 is 0 Å². The Balaban J connectivity index is 2.00. The summed E-state index contributed by atoms with van der Waals surface area (Å²) in [7, 11) is 4.33. The number of thiazole rings is 1. The van der Waals surface area contributed by atoms with E-state index < -0.39 is 0 Å². The monoisotopic (exact) mass is 282 g/mol. The molecule has 1 unspecified atom stereocenters. The Labute approximate surface area is 120 Å². The van der Waals surface area contributed by atoms with Gasteiger partial charge in [-0.3, -0.25) is 0 Å². The third-order valence-electron chi connectivity index (χ3n) is 3.72. The zero-order valence-electron chi connectivity index (χ0n) is 12.7. The lowest BCUT2D eigenvalue weighted by Gasteiger charge is -2.19. The van der Waals surface area contributed by atoms with Crippen molar-refractivity contribution in [2.75, 3.05) is 32.1 Å². The lowest BCUT2D eigenvalue weighted by Crippen LogP contribution is -2.31. The molecule has 0 aromatic carbocycles. The van der Waals surface area contributed by atoms with Crippen molar-refractivity contribution in [2.24, 2.45) is 0 Å². The number of anilines is 1. The number of hydrogen-bond acceptors (Lipinski definition) is 5. The number of nitrogens with zero attached hydrogens (tertiary/aromatic N) is 3. The van der Waals surface area contributed by atoms with Crippen LogP contribution in [-0.4, -0.2) is 49.2 Å². The van der Waals surface area contributed by atoms with Gasteiger partial charge in [0.1, 0.15) is 0 Å². The summed E-state index contributed by atoms with van der Waals surface area (Å²) in [6.45, 7) is 9.66. The first-order chi connectivity index (χ1) is 8.97. The second-order valence-electron chi connectivity index (χ2n) is 5.89. The van der Waals surface area contributed by atoms with Gasteiger partial charge in [-0.25, -0.2) is 4.98 Å². The molecule has 1 aromatic heterocycles. The average Bonchev–Trinajstić information content (AvgIpc) is 2.92. The van der Waals surface area contributed by atoms with Crippen LogP contribution in [0.3, 0.4) is 0 Å². The predicted molar refractivity (Wildman–Crippen MR) is 83.1 cm³/mol. The maximum atomic E-state index is 4.75. The van der Waals surface area contributed by atoms with Crippen LogP contribution in [0.5, 0.6) is 0 Å². The van der Waals surface area contributed by atoms with Crippen molar-refractivity contribution in [1.29, 1.82) is 0 Å². The summed E-state index contributed by atoms with van der Waals surface area (Å²) < 4.78 is 0. The molecule has 19 heavy (non-hydrogen) atoms. The van der Waals surface area contributed by atoms with E-state index >= 15 is 0 Å². The average molecular weight is 282 g/mol. The second-order valence-corrected chi connectivity index (χ2v) is 6.95. The Morgan fingerprint density at radius 3 is 2.79 bits per heavy atom. The number of hydrogen-bond donors (Lipinski definition) is 1. The molecule has 0 amide bonds. The van der Waals surface area contributed by atoms with Crippen LogP contribution >= 0.6 is 11.3 Å². The highest BCUT2D eigenvalue weighted by molar-refractivity contribution is 7.15. The fourth-order valence-corrected chi connectivity index (χ4v) is 3.39. The summed E-state index contributed by atoms with van der Waals surface area (Å²) in [5.41, 5.74) is 1.18. The molecule has 1 aliphatic heterocycles. The van der Waals surface area contributed by atoms with Crippen LogP contribution in [0.25, 0.3) is 0 Å². The van der Waals surface area contributed by atoms with Gasteiger partial charge in [0.15, 0.2) is 5.13 Å². The molecular weight excluding hydrogens is 256 g/mol. The molecule has 0 radical (unpaired) electrons. The lowest BCUT2D eigenvalue weighted by atomic mass is 10.2. The quantitative estimate of drug-likeness (QED) is 0.896. The lowest BCUT2D eigenvalue weighted by molar-refractivity contribution is 0.315. The van der Waals surface area contributed by atoms with E-state index in [1.165, 1.54) is 22.1 Å². The van der Waals surface area contributed by atoms with Crippen LogP contribution in [-0.2, 0) is 6.54 Å². The van der Waals surface area contributed by atoms with Crippen LogP contribution in [0.4, 0.5) is 5.13 Å². The Morgan fingerprint density at radius 2 is 2.21 bits per heavy atom. The number of rotatable bonds is 5. The number of aromatic nitrogens is 1. The molecule has 0 saturated carbocycles. The minimum absolute atomic E-state index is 0.523. The van der Waals surface area contributed by atoms with Gasteiger partial charge in [-0.15, -0.1) is 11.3 Å². The van der Waals surface area contributed by atoms with Crippen molar-refractivity contribution in [3.8, 4) is 0 Å². The molecular formula is C14H26N4S. The number of likely N-dealkylation sites (N-methyl/N-ethyl adjacent to an activating group) is 1. The van der Waals surface area contributed by atoms with Crippen molar-refractivity contribution in [1.82, 2.24) is 15.2 Å². The highest BCUT2D eigenvalue weighted by Gasteiger charge is 2.26. The minimum Gasteiger partial charge on any atom is -0.346 e. The topological polar surface area (TPSA) is 31.4 Å². The summed E-state index contributed by atoms with van der Waals surface area (Å²) in [4.78, 5) is 10.9. The Bertz CT molecular complexity index is 414. The SMILES string of the molecule is Cc1nc(N2CCC(N(C)C)C2)sc1CNC(C)C. The maximum absolute atomic E-state index is 4.75. The minimum atomic E-state index is 0.523. The molecule has 4 nitrogen and oxygen atoms in total. The first-order valence-electron chi connectivity index (χ1n) is 7.08. The molecule has 1 aromatic rings. The fourth-order valence-electron chi connectivity index (χ4n) is 2.35. The summed E-state index contributed by atoms with van der Waals surface area (Å²) in [6, 6.07) is 1.19. The third kappa shape index (κ3) is 3.68. The molecule has 1 N–H and O–H groups in total. The first-order valence-corrected chi connectivity index (χ1v) is 7.90. The molecule has 0 aliphatic carbocycles. The Hall–Kier alpha value is -0.650. The van der Waals surface area contributed by atoms with E-state index in [1.54, 1.807) is 0 Å². The van der Waals surface area contributed by atoms with Gasteiger partial charge in [-0.1, -0.05) is 13.8 Å². The normalized spacial score (nSPS) is 19.9. The van der Waals surface area contributed by atoms with E-state index in [9.17, 15) is 0 Å². The van der Waals surface area contributed by atoms with Crippen LogP contribution < -0.4 is 10.2 Å². The second kappa shape index (κ2) is 6.20. The standard InChI is InChI=1S/C14H26N4S/c1-10(2)15-8-13-11(3)16-14(19-13)18-7-6-12(9-18)17(4)5/h10,12,15H,6-9H2,1-5H3. The van der Waals surface area contributed by atoms with Gasteiger partial charge < -0.3 is 15.1 Å². The van der Waals surface area contributed by atoms with E-state index in [1.807, 2.05) is 11.3 Å². The van der Waals surface area contributed by atoms with E-state index in [2.05, 4.69) is 50.0 Å². The van der Waals surface area contributed by atoms with Crippen molar-refractivity contribution in [2.45, 2.75) is 45.8 Å². The van der Waals surface area contributed by atoms with Crippen LogP contribution in [0.1, 0.15) is 30.8 Å². The summed E-state index contributed by atoms with van der Waals surface area (Å²) in [5, 5.41) is 4.67. The molecule has 5 heteroatoms. The van der Waals surface area contributed by atoms with E-state index in [0.29, 0.717) is 12.1 Å². The largest absolute Gasteiger partial charge is 0.346 e.